The van der Waals surface area contributed by atoms with Crippen molar-refractivity contribution in [2.45, 2.75) is 243 Å². The van der Waals surface area contributed by atoms with Crippen molar-refractivity contribution in [3.8, 4) is 0 Å². The molecule has 0 aliphatic carbocycles. The number of aliphatic hydroxyl groups is 3. The lowest BCUT2D eigenvalue weighted by Gasteiger charge is -2.40. The van der Waals surface area contributed by atoms with Gasteiger partial charge >= 0.3 is 11.9 Å². The van der Waals surface area contributed by atoms with Gasteiger partial charge in [-0.15, -0.1) is 0 Å². The van der Waals surface area contributed by atoms with Gasteiger partial charge in [0.1, 0.15) is 36.8 Å². The first-order valence-corrected chi connectivity index (χ1v) is 24.9. The third kappa shape index (κ3) is 30.4. The largest absolute Gasteiger partial charge is 0.462 e. The maximum Gasteiger partial charge on any atom is 0.306 e. The second kappa shape index (κ2) is 36.1. The van der Waals surface area contributed by atoms with Crippen LogP contribution in [0.3, 0.4) is 0 Å². The SMILES string of the molecule is CCCCCCCCCCC/C=C/CCCCC(=O)O[C@H](COC(=O)CCCCCCCCCCCCCCCCC)CO[C@H]1O[C@H](CS(=O)(=O)O)[C@@H](O)C(O)C1O. The smallest absolute Gasteiger partial charge is 0.306 e. The van der Waals surface area contributed by atoms with Gasteiger partial charge in [-0.2, -0.15) is 8.42 Å². The molecule has 0 radical (unpaired) electrons. The lowest BCUT2D eigenvalue weighted by molar-refractivity contribution is -0.297. The van der Waals surface area contributed by atoms with Gasteiger partial charge in [-0.25, -0.2) is 0 Å². The Morgan fingerprint density at radius 1 is 0.569 bits per heavy atom. The molecule has 1 fully saturated rings. The molecular formula is C45H84O12S. The summed E-state index contributed by atoms with van der Waals surface area (Å²) in [5.41, 5.74) is 0. The van der Waals surface area contributed by atoms with E-state index in [0.29, 0.717) is 12.8 Å². The number of aliphatic hydroxyl groups excluding tert-OH is 3. The number of allylic oxidation sites excluding steroid dienone is 2. The molecule has 0 aromatic rings. The van der Waals surface area contributed by atoms with Gasteiger partial charge in [0.2, 0.25) is 0 Å². The van der Waals surface area contributed by atoms with Crippen LogP contribution in [0, 0.1) is 0 Å². The van der Waals surface area contributed by atoms with Crippen LogP contribution < -0.4 is 0 Å². The minimum absolute atomic E-state index is 0.138. The molecule has 0 spiro atoms. The summed E-state index contributed by atoms with van der Waals surface area (Å²) < 4.78 is 54.0. The first-order valence-electron chi connectivity index (χ1n) is 23.2. The highest BCUT2D eigenvalue weighted by atomic mass is 32.2. The maximum atomic E-state index is 12.8. The summed E-state index contributed by atoms with van der Waals surface area (Å²) in [5.74, 6) is -2.00. The van der Waals surface area contributed by atoms with Gasteiger partial charge < -0.3 is 34.3 Å². The van der Waals surface area contributed by atoms with E-state index in [9.17, 15) is 37.9 Å². The Kier molecular flexibility index (Phi) is 33.8. The number of hydrogen-bond donors (Lipinski definition) is 4. The molecule has 1 heterocycles. The van der Waals surface area contributed by atoms with E-state index >= 15 is 0 Å². The summed E-state index contributed by atoms with van der Waals surface area (Å²) in [7, 11) is -4.60. The fourth-order valence-corrected chi connectivity index (χ4v) is 7.89. The molecule has 1 rings (SSSR count). The van der Waals surface area contributed by atoms with E-state index < -0.39 is 71.2 Å². The molecule has 0 saturated carbocycles. The van der Waals surface area contributed by atoms with E-state index in [1.165, 1.54) is 128 Å². The van der Waals surface area contributed by atoms with E-state index in [1.54, 1.807) is 0 Å². The molecule has 58 heavy (non-hydrogen) atoms. The van der Waals surface area contributed by atoms with Crippen LogP contribution in [0.1, 0.15) is 206 Å². The molecular weight excluding hydrogens is 765 g/mol. The highest BCUT2D eigenvalue weighted by molar-refractivity contribution is 7.85. The van der Waals surface area contributed by atoms with Crippen LogP contribution >= 0.6 is 0 Å². The zero-order valence-electron chi connectivity index (χ0n) is 36.4. The summed E-state index contributed by atoms with van der Waals surface area (Å²) in [6, 6.07) is 0. The molecule has 6 atom stereocenters. The molecule has 1 aliphatic rings. The van der Waals surface area contributed by atoms with E-state index in [0.717, 1.165) is 38.5 Å². The van der Waals surface area contributed by atoms with Crippen molar-refractivity contribution >= 4 is 22.1 Å². The molecule has 0 amide bonds. The average Bonchev–Trinajstić information content (AvgIpc) is 3.18. The molecule has 4 N–H and O–H groups in total. The molecule has 0 aromatic heterocycles. The van der Waals surface area contributed by atoms with Crippen molar-refractivity contribution < 1.29 is 56.8 Å². The van der Waals surface area contributed by atoms with Crippen LogP contribution in [0.15, 0.2) is 12.2 Å². The topological polar surface area (TPSA) is 186 Å². The number of carbonyl (C=O) groups is 2. The standard InChI is InChI=1S/C45H84O12S/c1-3-5-7-9-11-13-15-17-19-21-23-25-27-29-31-33-40(46)54-35-38(36-55-45-44(50)43(49)42(48)39(57-45)37-58(51,52)53)56-41(47)34-32-30-28-26-24-22-20-18-16-14-12-10-8-6-4-2/h24,26,38-39,42-45,48-50H,3-23,25,27-37H2,1-2H3,(H,51,52,53)/b26-24+/t38-,39-,42-,43?,44?,45+/m1/s1. The molecule has 2 unspecified atom stereocenters. The monoisotopic (exact) mass is 849 g/mol. The first-order chi connectivity index (χ1) is 28.0. The molecule has 342 valence electrons. The number of carbonyl (C=O) groups excluding carboxylic acids is 2. The molecule has 0 bridgehead atoms. The third-order valence-electron chi connectivity index (χ3n) is 10.8. The molecule has 13 heteroatoms. The highest BCUT2D eigenvalue weighted by Crippen LogP contribution is 2.24. The Labute approximate surface area is 352 Å². The zero-order chi connectivity index (χ0) is 42.7. The average molecular weight is 849 g/mol. The third-order valence-corrected chi connectivity index (χ3v) is 11.6. The van der Waals surface area contributed by atoms with Crippen LogP contribution in [0.5, 0.6) is 0 Å². The van der Waals surface area contributed by atoms with Crippen LogP contribution in [0.4, 0.5) is 0 Å². The van der Waals surface area contributed by atoms with Gasteiger partial charge in [-0.3, -0.25) is 14.1 Å². The lowest BCUT2D eigenvalue weighted by Crippen LogP contribution is -2.60. The van der Waals surface area contributed by atoms with Crippen molar-refractivity contribution in [2.24, 2.45) is 0 Å². The van der Waals surface area contributed by atoms with Crippen molar-refractivity contribution in [3.05, 3.63) is 12.2 Å². The van der Waals surface area contributed by atoms with E-state index in [2.05, 4.69) is 26.0 Å². The van der Waals surface area contributed by atoms with Crippen LogP contribution in [0.25, 0.3) is 0 Å². The Morgan fingerprint density at radius 2 is 0.983 bits per heavy atom. The summed E-state index contributed by atoms with van der Waals surface area (Å²) in [4.78, 5) is 25.4. The van der Waals surface area contributed by atoms with Gasteiger partial charge in [0.05, 0.1) is 6.61 Å². The summed E-state index contributed by atoms with van der Waals surface area (Å²) in [6.45, 7) is 3.76. The fourth-order valence-electron chi connectivity index (χ4n) is 7.20. The van der Waals surface area contributed by atoms with Gasteiger partial charge in [0, 0.05) is 12.8 Å². The highest BCUT2D eigenvalue weighted by Gasteiger charge is 2.46. The summed E-state index contributed by atoms with van der Waals surface area (Å²) in [5, 5.41) is 30.9. The Morgan fingerprint density at radius 3 is 1.47 bits per heavy atom. The van der Waals surface area contributed by atoms with Crippen molar-refractivity contribution in [1.82, 2.24) is 0 Å². The molecule has 1 saturated heterocycles. The van der Waals surface area contributed by atoms with Gasteiger partial charge in [-0.05, 0) is 38.5 Å². The van der Waals surface area contributed by atoms with Gasteiger partial charge in [-0.1, -0.05) is 167 Å². The van der Waals surface area contributed by atoms with Crippen molar-refractivity contribution in [3.63, 3.8) is 0 Å². The number of ether oxygens (including phenoxy) is 4. The quantitative estimate of drug-likeness (QED) is 0.0199. The molecule has 0 aromatic carbocycles. The fraction of sp³-hybridized carbons (Fsp3) is 0.911. The van der Waals surface area contributed by atoms with Crippen molar-refractivity contribution in [1.29, 1.82) is 0 Å². The zero-order valence-corrected chi connectivity index (χ0v) is 37.2. The minimum atomic E-state index is -4.60. The second-order valence-electron chi connectivity index (χ2n) is 16.4. The second-order valence-corrected chi connectivity index (χ2v) is 17.9. The van der Waals surface area contributed by atoms with E-state index in [-0.39, 0.29) is 19.4 Å². The molecule has 1 aliphatic heterocycles. The predicted molar refractivity (Wildman–Crippen MR) is 229 cm³/mol. The Hall–Kier alpha value is -1.61. The van der Waals surface area contributed by atoms with Crippen LogP contribution in [-0.2, 0) is 38.7 Å². The predicted octanol–water partition coefficient (Wildman–Crippen LogP) is 9.45. The van der Waals surface area contributed by atoms with Crippen LogP contribution in [0.2, 0.25) is 0 Å². The van der Waals surface area contributed by atoms with E-state index in [4.69, 9.17) is 18.9 Å². The number of esters is 2. The number of rotatable bonds is 39. The number of unbranched alkanes of at least 4 members (excludes halogenated alkanes) is 25. The Bertz CT molecular complexity index is 1130. The van der Waals surface area contributed by atoms with Gasteiger partial charge in [0.15, 0.2) is 12.4 Å². The molecule has 12 nitrogen and oxygen atoms in total. The lowest BCUT2D eigenvalue weighted by atomic mass is 10.00. The summed E-state index contributed by atoms with van der Waals surface area (Å²) in [6.07, 6.45) is 28.3. The minimum Gasteiger partial charge on any atom is -0.462 e. The van der Waals surface area contributed by atoms with Crippen LogP contribution in [-0.4, -0.2) is 96.0 Å². The van der Waals surface area contributed by atoms with Gasteiger partial charge in [0.25, 0.3) is 10.1 Å². The Balaban J connectivity index is 2.44. The number of hydrogen-bond acceptors (Lipinski definition) is 11. The van der Waals surface area contributed by atoms with E-state index in [1.807, 2.05) is 0 Å². The maximum absolute atomic E-state index is 12.8. The first kappa shape index (κ1) is 54.4. The van der Waals surface area contributed by atoms with Crippen molar-refractivity contribution in [2.75, 3.05) is 19.0 Å². The summed E-state index contributed by atoms with van der Waals surface area (Å²) >= 11 is 0. The normalized spacial score (nSPS) is 20.4.